The summed E-state index contributed by atoms with van der Waals surface area (Å²) in [6.07, 6.45) is 0. The molecule has 1 N–H and O–H groups in total. The van der Waals surface area contributed by atoms with E-state index in [1.165, 1.54) is 0 Å². The number of aryl methyl sites for hydroxylation is 2. The zero-order valence-corrected chi connectivity index (χ0v) is 17.3. The van der Waals surface area contributed by atoms with Crippen LogP contribution >= 0.6 is 0 Å². The zero-order valence-electron chi connectivity index (χ0n) is 17.3. The molecule has 0 atom stereocenters. The van der Waals surface area contributed by atoms with Crippen LogP contribution in [0.2, 0.25) is 0 Å². The first-order valence-electron chi connectivity index (χ1n) is 10.1. The van der Waals surface area contributed by atoms with Gasteiger partial charge in [0.25, 0.3) is 5.91 Å². The van der Waals surface area contributed by atoms with E-state index in [2.05, 4.69) is 10.2 Å². The third kappa shape index (κ3) is 5.77. The molecule has 158 valence electrons. The van der Waals surface area contributed by atoms with E-state index in [-0.39, 0.29) is 24.3 Å². The third-order valence-corrected chi connectivity index (χ3v) is 5.62. The molecule has 8 nitrogen and oxygen atoms in total. The number of benzene rings is 1. The summed E-state index contributed by atoms with van der Waals surface area (Å²) in [5.41, 5.74) is 2.72. The molecule has 0 bridgehead atoms. The molecular weight excluding hydrogens is 372 g/mol. The molecule has 0 radical (unpaired) electrons. The van der Waals surface area contributed by atoms with Gasteiger partial charge < -0.3 is 19.9 Å². The molecular formula is C21H30N4O4. The van der Waals surface area contributed by atoms with Crippen molar-refractivity contribution in [3.05, 3.63) is 34.9 Å². The second-order valence-electron chi connectivity index (χ2n) is 7.63. The fourth-order valence-corrected chi connectivity index (χ4v) is 3.51. The summed E-state index contributed by atoms with van der Waals surface area (Å²) in [6.45, 7) is 9.27. The van der Waals surface area contributed by atoms with Crippen LogP contribution in [0.4, 0.5) is 0 Å². The summed E-state index contributed by atoms with van der Waals surface area (Å²) >= 11 is 0. The molecule has 1 aromatic rings. The van der Waals surface area contributed by atoms with Crippen LogP contribution in [0.3, 0.4) is 0 Å². The average molecular weight is 402 g/mol. The highest BCUT2D eigenvalue weighted by molar-refractivity contribution is 5.96. The van der Waals surface area contributed by atoms with Crippen molar-refractivity contribution in [2.45, 2.75) is 13.8 Å². The summed E-state index contributed by atoms with van der Waals surface area (Å²) in [7, 11) is 0. The van der Waals surface area contributed by atoms with Crippen molar-refractivity contribution >= 4 is 17.7 Å². The van der Waals surface area contributed by atoms with Gasteiger partial charge in [0.2, 0.25) is 11.8 Å². The summed E-state index contributed by atoms with van der Waals surface area (Å²) < 4.78 is 5.31. The van der Waals surface area contributed by atoms with Gasteiger partial charge >= 0.3 is 0 Å². The Kier molecular flexibility index (Phi) is 7.22. The molecule has 3 amide bonds. The monoisotopic (exact) mass is 402 g/mol. The summed E-state index contributed by atoms with van der Waals surface area (Å²) in [4.78, 5) is 42.8. The number of amides is 3. The van der Waals surface area contributed by atoms with Gasteiger partial charge in [0.15, 0.2) is 0 Å². The normalized spacial score (nSPS) is 17.9. The Morgan fingerprint density at radius 2 is 1.52 bits per heavy atom. The Bertz CT molecular complexity index is 753. The predicted molar refractivity (Wildman–Crippen MR) is 109 cm³/mol. The Morgan fingerprint density at radius 3 is 2.14 bits per heavy atom. The molecule has 2 saturated heterocycles. The average Bonchev–Trinajstić information content (AvgIpc) is 2.74. The highest BCUT2D eigenvalue weighted by Crippen LogP contribution is 2.10. The molecule has 2 aliphatic heterocycles. The number of ether oxygens (including phenoxy) is 1. The summed E-state index contributed by atoms with van der Waals surface area (Å²) in [5.74, 6) is -0.273. The molecule has 1 aromatic carbocycles. The van der Waals surface area contributed by atoms with Crippen LogP contribution in [0.5, 0.6) is 0 Å². The van der Waals surface area contributed by atoms with Gasteiger partial charge in [-0.1, -0.05) is 6.07 Å². The summed E-state index contributed by atoms with van der Waals surface area (Å²) in [6, 6.07) is 5.49. The van der Waals surface area contributed by atoms with E-state index in [0.717, 1.165) is 24.2 Å². The van der Waals surface area contributed by atoms with E-state index in [1.807, 2.05) is 30.9 Å². The van der Waals surface area contributed by atoms with Crippen LogP contribution in [0.25, 0.3) is 0 Å². The minimum atomic E-state index is -0.249. The van der Waals surface area contributed by atoms with Crippen LogP contribution in [0.1, 0.15) is 21.5 Å². The number of morpholine rings is 1. The number of nitrogens with zero attached hydrogens (tertiary/aromatic N) is 3. The Hall–Kier alpha value is -2.45. The first-order chi connectivity index (χ1) is 13.9. The lowest BCUT2D eigenvalue weighted by Gasteiger charge is -2.36. The van der Waals surface area contributed by atoms with Crippen molar-refractivity contribution in [3.8, 4) is 0 Å². The van der Waals surface area contributed by atoms with Gasteiger partial charge in [-0.3, -0.25) is 19.3 Å². The van der Waals surface area contributed by atoms with Crippen molar-refractivity contribution in [1.82, 2.24) is 20.0 Å². The van der Waals surface area contributed by atoms with Gasteiger partial charge in [-0.15, -0.1) is 0 Å². The first-order valence-corrected chi connectivity index (χ1v) is 10.1. The Morgan fingerprint density at radius 1 is 0.897 bits per heavy atom. The largest absolute Gasteiger partial charge is 0.379 e. The van der Waals surface area contributed by atoms with E-state index in [4.69, 9.17) is 4.74 Å². The van der Waals surface area contributed by atoms with Gasteiger partial charge in [-0.05, 0) is 37.1 Å². The highest BCUT2D eigenvalue weighted by Gasteiger charge is 2.25. The van der Waals surface area contributed by atoms with E-state index in [1.54, 1.807) is 11.0 Å². The standard InChI is InChI=1S/C21H30N4O4/c1-16-3-4-18(13-17(16)2)21(28)22-14-19(26)24-5-7-25(8-6-24)20(27)15-23-9-11-29-12-10-23/h3-4,13H,5-12,14-15H2,1-2H3,(H,22,28). The van der Waals surface area contributed by atoms with Crippen LogP contribution < -0.4 is 5.32 Å². The fraction of sp³-hybridized carbons (Fsp3) is 0.571. The minimum absolute atomic E-state index is 0.0342. The van der Waals surface area contributed by atoms with Crippen LogP contribution in [-0.2, 0) is 14.3 Å². The summed E-state index contributed by atoms with van der Waals surface area (Å²) in [5, 5.41) is 2.70. The minimum Gasteiger partial charge on any atom is -0.379 e. The lowest BCUT2D eigenvalue weighted by atomic mass is 10.1. The quantitative estimate of drug-likeness (QED) is 0.752. The lowest BCUT2D eigenvalue weighted by molar-refractivity contribution is -0.140. The van der Waals surface area contributed by atoms with E-state index < -0.39 is 0 Å². The molecule has 2 fully saturated rings. The van der Waals surface area contributed by atoms with E-state index in [9.17, 15) is 14.4 Å². The maximum Gasteiger partial charge on any atom is 0.251 e. The van der Waals surface area contributed by atoms with Crippen molar-refractivity contribution < 1.29 is 19.1 Å². The van der Waals surface area contributed by atoms with E-state index >= 15 is 0 Å². The Labute approximate surface area is 171 Å². The smallest absolute Gasteiger partial charge is 0.251 e. The lowest BCUT2D eigenvalue weighted by Crippen LogP contribution is -2.54. The molecule has 0 spiro atoms. The van der Waals surface area contributed by atoms with Gasteiger partial charge in [0.05, 0.1) is 26.3 Å². The van der Waals surface area contributed by atoms with Crippen LogP contribution in [-0.4, -0.2) is 98.0 Å². The second kappa shape index (κ2) is 9.84. The molecule has 8 heteroatoms. The van der Waals surface area contributed by atoms with Gasteiger partial charge in [-0.25, -0.2) is 0 Å². The molecule has 0 unspecified atom stereocenters. The number of hydrogen-bond donors (Lipinski definition) is 1. The molecule has 0 saturated carbocycles. The Balaban J connectivity index is 1.40. The molecule has 29 heavy (non-hydrogen) atoms. The molecule has 2 heterocycles. The SMILES string of the molecule is Cc1ccc(C(=O)NCC(=O)N2CCN(C(=O)CN3CCOCC3)CC2)cc1C. The fourth-order valence-electron chi connectivity index (χ4n) is 3.51. The van der Waals surface area contributed by atoms with Crippen LogP contribution in [0, 0.1) is 13.8 Å². The van der Waals surface area contributed by atoms with Gasteiger partial charge in [-0.2, -0.15) is 0 Å². The van der Waals surface area contributed by atoms with Crippen molar-refractivity contribution in [1.29, 1.82) is 0 Å². The number of piperazine rings is 1. The highest BCUT2D eigenvalue weighted by atomic mass is 16.5. The number of rotatable bonds is 5. The van der Waals surface area contributed by atoms with Crippen molar-refractivity contribution in [3.63, 3.8) is 0 Å². The number of carbonyl (C=O) groups excluding carboxylic acids is 3. The van der Waals surface area contributed by atoms with E-state index in [0.29, 0.717) is 51.5 Å². The molecule has 0 aliphatic carbocycles. The molecule has 3 rings (SSSR count). The first kappa shape index (κ1) is 21.3. The maximum absolute atomic E-state index is 12.4. The molecule has 0 aromatic heterocycles. The van der Waals surface area contributed by atoms with Gasteiger partial charge in [0.1, 0.15) is 0 Å². The zero-order chi connectivity index (χ0) is 20.8. The van der Waals surface area contributed by atoms with Crippen LogP contribution in [0.15, 0.2) is 18.2 Å². The van der Waals surface area contributed by atoms with Gasteiger partial charge in [0, 0.05) is 44.8 Å². The number of carbonyl (C=O) groups is 3. The number of nitrogens with one attached hydrogen (secondary N) is 1. The van der Waals surface area contributed by atoms with Crippen molar-refractivity contribution in [2.75, 3.05) is 65.6 Å². The maximum atomic E-state index is 12.4. The topological polar surface area (TPSA) is 82.2 Å². The number of hydrogen-bond acceptors (Lipinski definition) is 5. The predicted octanol–water partition coefficient (Wildman–Crippen LogP) is 0.0362. The second-order valence-corrected chi connectivity index (χ2v) is 7.63. The van der Waals surface area contributed by atoms with Crippen molar-refractivity contribution in [2.24, 2.45) is 0 Å². The molecule has 2 aliphatic rings. The third-order valence-electron chi connectivity index (χ3n) is 5.62.